The van der Waals surface area contributed by atoms with Crippen molar-refractivity contribution in [3.63, 3.8) is 0 Å². The van der Waals surface area contributed by atoms with Crippen LogP contribution >= 0.6 is 11.6 Å². The van der Waals surface area contributed by atoms with Crippen LogP contribution in [-0.4, -0.2) is 30.1 Å². The van der Waals surface area contributed by atoms with E-state index in [9.17, 15) is 14.4 Å². The molecule has 2 amide bonds. The normalized spacial score (nSPS) is 12.3. The molecule has 0 saturated carbocycles. The highest BCUT2D eigenvalue weighted by Gasteiger charge is 2.21. The van der Waals surface area contributed by atoms with E-state index < -0.39 is 11.8 Å². The van der Waals surface area contributed by atoms with Crippen molar-refractivity contribution >= 4 is 40.8 Å². The topological polar surface area (TPSA) is 96.9 Å². The molecule has 0 saturated heterocycles. The van der Waals surface area contributed by atoms with Crippen molar-refractivity contribution in [2.75, 3.05) is 11.9 Å². The van der Waals surface area contributed by atoms with Gasteiger partial charge in [0.2, 0.25) is 11.8 Å². The standard InChI is InChI=1S/C19H26ClN3O4/c1-5-14(19(26)27-6-2)13(4)22-23-18(25)11-10-17(24)21-16-9-7-8-15(20)12(16)3/h7-9,14H,5-6,10-11H2,1-4H3,(H,21,24)(H,23,25)/b22-13-. The average molecular weight is 396 g/mol. The van der Waals surface area contributed by atoms with Gasteiger partial charge in [0.05, 0.1) is 12.5 Å². The fourth-order valence-electron chi connectivity index (χ4n) is 2.34. The molecule has 0 radical (unpaired) electrons. The number of benzene rings is 1. The molecule has 1 aromatic carbocycles. The van der Waals surface area contributed by atoms with E-state index in [0.717, 1.165) is 5.56 Å². The largest absolute Gasteiger partial charge is 0.465 e. The molecule has 148 valence electrons. The molecule has 1 atom stereocenters. The summed E-state index contributed by atoms with van der Waals surface area (Å²) in [6.07, 6.45) is 0.491. The van der Waals surface area contributed by atoms with Crippen molar-refractivity contribution in [2.24, 2.45) is 11.0 Å². The Morgan fingerprint density at radius 1 is 1.19 bits per heavy atom. The Bertz CT molecular complexity index is 719. The smallest absolute Gasteiger partial charge is 0.314 e. The third-order valence-electron chi connectivity index (χ3n) is 3.96. The van der Waals surface area contributed by atoms with E-state index in [2.05, 4.69) is 15.8 Å². The predicted molar refractivity (Wildman–Crippen MR) is 106 cm³/mol. The SMILES string of the molecule is CCOC(=O)C(CC)/C(C)=N\NC(=O)CCC(=O)Nc1cccc(Cl)c1C. The van der Waals surface area contributed by atoms with Crippen molar-refractivity contribution in [1.29, 1.82) is 0 Å². The van der Waals surface area contributed by atoms with Crippen LogP contribution in [-0.2, 0) is 19.1 Å². The van der Waals surface area contributed by atoms with E-state index in [1.807, 2.05) is 6.92 Å². The van der Waals surface area contributed by atoms with Gasteiger partial charge in [-0.15, -0.1) is 0 Å². The highest BCUT2D eigenvalue weighted by Crippen LogP contribution is 2.23. The first kappa shape index (κ1) is 22.6. The number of carbonyl (C=O) groups is 3. The van der Waals surface area contributed by atoms with Crippen LogP contribution in [0.25, 0.3) is 0 Å². The Balaban J connectivity index is 2.51. The summed E-state index contributed by atoms with van der Waals surface area (Å²) in [5.74, 6) is -1.58. The molecule has 0 bridgehead atoms. The number of nitrogens with zero attached hydrogens (tertiary/aromatic N) is 1. The van der Waals surface area contributed by atoms with Gasteiger partial charge in [0.1, 0.15) is 0 Å². The number of hydrogen-bond acceptors (Lipinski definition) is 5. The third-order valence-corrected chi connectivity index (χ3v) is 4.37. The number of ether oxygens (including phenoxy) is 1. The molecule has 0 heterocycles. The highest BCUT2D eigenvalue weighted by atomic mass is 35.5. The quantitative estimate of drug-likeness (QED) is 0.380. The molecule has 8 heteroatoms. The molecule has 0 aliphatic carbocycles. The number of amides is 2. The summed E-state index contributed by atoms with van der Waals surface area (Å²) in [7, 11) is 0. The number of rotatable bonds is 9. The molecule has 0 aromatic heterocycles. The van der Waals surface area contributed by atoms with Crippen molar-refractivity contribution < 1.29 is 19.1 Å². The van der Waals surface area contributed by atoms with Crippen molar-refractivity contribution in [3.8, 4) is 0 Å². The summed E-state index contributed by atoms with van der Waals surface area (Å²) in [5, 5.41) is 7.24. The maximum absolute atomic E-state index is 12.0. The van der Waals surface area contributed by atoms with Crippen LogP contribution in [0.1, 0.15) is 45.6 Å². The summed E-state index contributed by atoms with van der Waals surface area (Å²) >= 11 is 6.01. The fraction of sp³-hybridized carbons (Fsp3) is 0.474. The number of halogens is 1. The Hall–Kier alpha value is -2.41. The summed E-state index contributed by atoms with van der Waals surface area (Å²) < 4.78 is 4.98. The van der Waals surface area contributed by atoms with Gasteiger partial charge in [-0.25, -0.2) is 5.43 Å². The van der Waals surface area contributed by atoms with Gasteiger partial charge in [-0.2, -0.15) is 5.10 Å². The van der Waals surface area contributed by atoms with E-state index >= 15 is 0 Å². The molecule has 1 unspecified atom stereocenters. The summed E-state index contributed by atoms with van der Waals surface area (Å²) in [6.45, 7) is 7.31. The van der Waals surface area contributed by atoms with Gasteiger partial charge in [0, 0.05) is 29.3 Å². The average Bonchev–Trinajstić information content (AvgIpc) is 2.63. The van der Waals surface area contributed by atoms with Gasteiger partial charge in [-0.3, -0.25) is 14.4 Å². The van der Waals surface area contributed by atoms with Crippen LogP contribution in [0.3, 0.4) is 0 Å². The number of anilines is 1. The molecule has 7 nitrogen and oxygen atoms in total. The van der Waals surface area contributed by atoms with Gasteiger partial charge in [0.15, 0.2) is 0 Å². The Kier molecular flexibility index (Phi) is 9.50. The van der Waals surface area contributed by atoms with Crippen LogP contribution in [0.15, 0.2) is 23.3 Å². The number of carbonyl (C=O) groups excluding carboxylic acids is 3. The van der Waals surface area contributed by atoms with E-state index in [4.69, 9.17) is 16.3 Å². The number of nitrogens with one attached hydrogen (secondary N) is 2. The number of hydrazone groups is 1. The predicted octanol–water partition coefficient (Wildman–Crippen LogP) is 3.45. The zero-order chi connectivity index (χ0) is 20.4. The Morgan fingerprint density at radius 2 is 1.85 bits per heavy atom. The lowest BCUT2D eigenvalue weighted by Crippen LogP contribution is -2.27. The van der Waals surface area contributed by atoms with Gasteiger partial charge < -0.3 is 10.1 Å². The summed E-state index contributed by atoms with van der Waals surface area (Å²) in [5.41, 5.74) is 4.21. The van der Waals surface area contributed by atoms with Crippen LogP contribution in [0.5, 0.6) is 0 Å². The Morgan fingerprint density at radius 3 is 2.48 bits per heavy atom. The van der Waals surface area contributed by atoms with E-state index in [1.54, 1.807) is 39.0 Å². The molecule has 0 aliphatic rings. The summed E-state index contributed by atoms with van der Waals surface area (Å²) in [4.78, 5) is 35.7. The lowest BCUT2D eigenvalue weighted by Gasteiger charge is -2.13. The highest BCUT2D eigenvalue weighted by molar-refractivity contribution is 6.31. The fourth-order valence-corrected chi connectivity index (χ4v) is 2.52. The van der Waals surface area contributed by atoms with Crippen LogP contribution in [0.4, 0.5) is 5.69 Å². The zero-order valence-electron chi connectivity index (χ0n) is 16.1. The second kappa shape index (κ2) is 11.3. The molecular formula is C19H26ClN3O4. The molecular weight excluding hydrogens is 370 g/mol. The van der Waals surface area contributed by atoms with E-state index in [-0.39, 0.29) is 31.3 Å². The molecule has 1 aromatic rings. The first-order valence-electron chi connectivity index (χ1n) is 8.84. The molecule has 0 spiro atoms. The monoisotopic (exact) mass is 395 g/mol. The lowest BCUT2D eigenvalue weighted by molar-refractivity contribution is -0.145. The minimum atomic E-state index is -0.501. The number of hydrogen-bond donors (Lipinski definition) is 2. The first-order valence-corrected chi connectivity index (χ1v) is 9.22. The van der Waals surface area contributed by atoms with Crippen LogP contribution in [0, 0.1) is 12.8 Å². The van der Waals surface area contributed by atoms with Crippen molar-refractivity contribution in [1.82, 2.24) is 5.43 Å². The number of esters is 1. The third kappa shape index (κ3) is 7.38. The first-order chi connectivity index (χ1) is 12.8. The maximum atomic E-state index is 12.0. The van der Waals surface area contributed by atoms with Gasteiger partial charge in [-0.05, 0) is 44.9 Å². The minimum absolute atomic E-state index is 0.00143. The summed E-state index contributed by atoms with van der Waals surface area (Å²) in [6, 6.07) is 5.22. The second-order valence-electron chi connectivity index (χ2n) is 5.96. The van der Waals surface area contributed by atoms with Crippen LogP contribution in [0.2, 0.25) is 5.02 Å². The van der Waals surface area contributed by atoms with Gasteiger partial charge >= 0.3 is 5.97 Å². The minimum Gasteiger partial charge on any atom is -0.465 e. The van der Waals surface area contributed by atoms with E-state index in [1.165, 1.54) is 0 Å². The lowest BCUT2D eigenvalue weighted by atomic mass is 10.0. The maximum Gasteiger partial charge on any atom is 0.314 e. The molecule has 0 fully saturated rings. The van der Waals surface area contributed by atoms with Crippen molar-refractivity contribution in [3.05, 3.63) is 28.8 Å². The Labute approximate surface area is 164 Å². The molecule has 2 N–H and O–H groups in total. The van der Waals surface area contributed by atoms with Gasteiger partial charge in [0.25, 0.3) is 0 Å². The molecule has 1 rings (SSSR count). The van der Waals surface area contributed by atoms with Crippen LogP contribution < -0.4 is 10.7 Å². The zero-order valence-corrected chi connectivity index (χ0v) is 16.9. The van der Waals surface area contributed by atoms with E-state index in [0.29, 0.717) is 22.8 Å². The van der Waals surface area contributed by atoms with Crippen molar-refractivity contribution in [2.45, 2.75) is 47.0 Å². The van der Waals surface area contributed by atoms with Gasteiger partial charge in [-0.1, -0.05) is 24.6 Å². The second-order valence-corrected chi connectivity index (χ2v) is 6.37. The molecule has 0 aliphatic heterocycles. The molecule has 27 heavy (non-hydrogen) atoms.